The van der Waals surface area contributed by atoms with E-state index in [1.807, 2.05) is 40.8 Å². The largest absolute Gasteiger partial charge is 0.480 e. The quantitative estimate of drug-likeness (QED) is 0.857. The Labute approximate surface area is 116 Å². The number of carboxylic acid groups (broad SMARTS) is 1. The van der Waals surface area contributed by atoms with E-state index in [2.05, 4.69) is 4.98 Å². The lowest BCUT2D eigenvalue weighted by Crippen LogP contribution is -2.50. The summed E-state index contributed by atoms with van der Waals surface area (Å²) in [7, 11) is 0. The summed E-state index contributed by atoms with van der Waals surface area (Å²) in [5.41, 5.74) is 7.77. The number of carbonyl (C=O) groups is 1. The Balaban J connectivity index is 1.78. The maximum absolute atomic E-state index is 11.1. The van der Waals surface area contributed by atoms with Crippen molar-refractivity contribution in [3.63, 3.8) is 0 Å². The van der Waals surface area contributed by atoms with Crippen LogP contribution < -0.4 is 5.73 Å². The predicted octanol–water partition coefficient (Wildman–Crippen LogP) is 0.631. The summed E-state index contributed by atoms with van der Waals surface area (Å²) >= 11 is 0. The Morgan fingerprint density at radius 3 is 3.05 bits per heavy atom. The summed E-state index contributed by atoms with van der Waals surface area (Å²) in [6.07, 6.45) is 4.43. The highest BCUT2D eigenvalue weighted by Crippen LogP contribution is 2.21. The van der Waals surface area contributed by atoms with Crippen LogP contribution in [0.1, 0.15) is 17.7 Å². The second kappa shape index (κ2) is 4.57. The number of nitrogens with two attached hydrogens (primary N) is 1. The molecule has 106 valence electrons. The van der Waals surface area contributed by atoms with E-state index in [-0.39, 0.29) is 0 Å². The maximum Gasteiger partial charge on any atom is 0.325 e. The zero-order chi connectivity index (χ0) is 14.3. The molecular weight excluding hydrogens is 256 g/mol. The molecule has 3 heterocycles. The molecule has 0 aliphatic carbocycles. The number of carboxylic acids is 1. The van der Waals surface area contributed by atoms with Gasteiger partial charge in [-0.05, 0) is 25.0 Å². The Bertz CT molecular complexity index is 666. The fourth-order valence-corrected chi connectivity index (χ4v) is 2.73. The smallest absolute Gasteiger partial charge is 0.325 e. The van der Waals surface area contributed by atoms with E-state index in [9.17, 15) is 4.79 Å². The molecule has 3 N–H and O–H groups in total. The van der Waals surface area contributed by atoms with Crippen molar-refractivity contribution in [2.45, 2.75) is 25.4 Å². The first kappa shape index (κ1) is 13.1. The number of aliphatic carboxylic acids is 1. The molecule has 2 aromatic heterocycles. The lowest BCUT2D eigenvalue weighted by Gasteiger charge is -2.19. The first-order valence-electron chi connectivity index (χ1n) is 6.66. The van der Waals surface area contributed by atoms with Gasteiger partial charge in [-0.15, -0.1) is 0 Å². The summed E-state index contributed by atoms with van der Waals surface area (Å²) < 4.78 is 1.99. The summed E-state index contributed by atoms with van der Waals surface area (Å²) in [4.78, 5) is 17.8. The molecule has 0 amide bonds. The highest BCUT2D eigenvalue weighted by molar-refractivity contribution is 5.79. The van der Waals surface area contributed by atoms with E-state index >= 15 is 0 Å². The second-order valence-electron chi connectivity index (χ2n) is 5.58. The molecule has 3 rings (SSSR count). The van der Waals surface area contributed by atoms with E-state index < -0.39 is 11.5 Å². The van der Waals surface area contributed by atoms with Gasteiger partial charge in [0.25, 0.3) is 0 Å². The lowest BCUT2D eigenvalue weighted by atomic mass is 10.0. The molecule has 6 nitrogen and oxygen atoms in total. The molecule has 0 aromatic carbocycles. The third kappa shape index (κ3) is 2.17. The van der Waals surface area contributed by atoms with Crippen molar-refractivity contribution in [2.75, 3.05) is 13.1 Å². The zero-order valence-electron chi connectivity index (χ0n) is 11.4. The zero-order valence-corrected chi connectivity index (χ0v) is 11.4. The van der Waals surface area contributed by atoms with Gasteiger partial charge < -0.3 is 15.2 Å². The van der Waals surface area contributed by atoms with Crippen LogP contribution in [0.3, 0.4) is 0 Å². The van der Waals surface area contributed by atoms with Crippen molar-refractivity contribution in [3.05, 3.63) is 35.8 Å². The van der Waals surface area contributed by atoms with Gasteiger partial charge in [-0.3, -0.25) is 9.69 Å². The summed E-state index contributed by atoms with van der Waals surface area (Å²) in [6.45, 7) is 3.72. The van der Waals surface area contributed by atoms with Gasteiger partial charge in [-0.1, -0.05) is 6.07 Å². The number of hydrogen-bond donors (Lipinski definition) is 2. The number of nitrogens with zero attached hydrogens (tertiary/aromatic N) is 3. The molecule has 0 radical (unpaired) electrons. The number of fused-ring (bicyclic) bond motifs is 1. The highest BCUT2D eigenvalue weighted by Gasteiger charge is 2.41. The number of aryl methyl sites for hydroxylation is 1. The van der Waals surface area contributed by atoms with E-state index in [1.165, 1.54) is 0 Å². The van der Waals surface area contributed by atoms with Crippen molar-refractivity contribution in [1.29, 1.82) is 0 Å². The van der Waals surface area contributed by atoms with Crippen LogP contribution in [0.2, 0.25) is 0 Å². The van der Waals surface area contributed by atoms with Crippen LogP contribution in [0, 0.1) is 6.92 Å². The van der Waals surface area contributed by atoms with Gasteiger partial charge in [0, 0.05) is 32.0 Å². The number of hydrogen-bond acceptors (Lipinski definition) is 4. The number of imidazole rings is 1. The fourth-order valence-electron chi connectivity index (χ4n) is 2.73. The van der Waals surface area contributed by atoms with E-state index in [1.54, 1.807) is 0 Å². The van der Waals surface area contributed by atoms with Crippen molar-refractivity contribution in [1.82, 2.24) is 14.3 Å². The average Bonchev–Trinajstić information content (AvgIpc) is 2.95. The third-order valence-corrected chi connectivity index (χ3v) is 3.92. The van der Waals surface area contributed by atoms with Crippen molar-refractivity contribution >= 4 is 11.6 Å². The summed E-state index contributed by atoms with van der Waals surface area (Å²) in [5, 5.41) is 9.14. The van der Waals surface area contributed by atoms with Crippen molar-refractivity contribution in [3.8, 4) is 0 Å². The van der Waals surface area contributed by atoms with E-state index in [0.717, 1.165) is 16.9 Å². The molecule has 1 unspecified atom stereocenters. The molecule has 2 aromatic rings. The minimum absolute atomic E-state index is 0.370. The standard InChI is InChI=1S/C14H18N4O2/c1-10-3-2-5-18-8-11(16-12(10)18)7-17-6-4-14(15,9-17)13(19)20/h2-3,5,8H,4,6-7,9,15H2,1H3,(H,19,20). The van der Waals surface area contributed by atoms with Gasteiger partial charge in [0.2, 0.25) is 0 Å². The minimum Gasteiger partial charge on any atom is -0.480 e. The third-order valence-electron chi connectivity index (χ3n) is 3.92. The molecule has 1 aliphatic heterocycles. The van der Waals surface area contributed by atoms with Gasteiger partial charge in [0.1, 0.15) is 11.2 Å². The number of aromatic nitrogens is 2. The monoisotopic (exact) mass is 274 g/mol. The van der Waals surface area contributed by atoms with Crippen LogP contribution in [0.5, 0.6) is 0 Å². The van der Waals surface area contributed by atoms with Crippen LogP contribution in [-0.2, 0) is 11.3 Å². The highest BCUT2D eigenvalue weighted by atomic mass is 16.4. The fraction of sp³-hybridized carbons (Fsp3) is 0.429. The van der Waals surface area contributed by atoms with Gasteiger partial charge in [0.05, 0.1) is 5.69 Å². The Kier molecular flexibility index (Phi) is 2.99. The molecule has 0 bridgehead atoms. The van der Waals surface area contributed by atoms with Crippen molar-refractivity contribution in [2.24, 2.45) is 5.73 Å². The molecular formula is C14H18N4O2. The van der Waals surface area contributed by atoms with Crippen LogP contribution in [0.25, 0.3) is 5.65 Å². The molecule has 0 spiro atoms. The Morgan fingerprint density at radius 2 is 2.40 bits per heavy atom. The van der Waals surface area contributed by atoms with Crippen LogP contribution >= 0.6 is 0 Å². The maximum atomic E-state index is 11.1. The summed E-state index contributed by atoms with van der Waals surface area (Å²) in [6, 6.07) is 4.01. The van der Waals surface area contributed by atoms with Gasteiger partial charge in [0.15, 0.2) is 0 Å². The van der Waals surface area contributed by atoms with Crippen LogP contribution in [0.15, 0.2) is 24.5 Å². The first-order valence-corrected chi connectivity index (χ1v) is 6.66. The topological polar surface area (TPSA) is 83.9 Å². The van der Waals surface area contributed by atoms with Gasteiger partial charge in [-0.25, -0.2) is 4.98 Å². The molecule has 20 heavy (non-hydrogen) atoms. The lowest BCUT2D eigenvalue weighted by molar-refractivity contribution is -0.142. The van der Waals surface area contributed by atoms with Crippen molar-refractivity contribution < 1.29 is 9.90 Å². The summed E-state index contributed by atoms with van der Waals surface area (Å²) in [5.74, 6) is -0.925. The molecule has 0 saturated carbocycles. The SMILES string of the molecule is Cc1cccn2cc(CN3CCC(N)(C(=O)O)C3)nc12. The van der Waals surface area contributed by atoms with Gasteiger partial charge >= 0.3 is 5.97 Å². The van der Waals surface area contributed by atoms with Gasteiger partial charge in [-0.2, -0.15) is 0 Å². The average molecular weight is 274 g/mol. The van der Waals surface area contributed by atoms with E-state index in [4.69, 9.17) is 10.8 Å². The van der Waals surface area contributed by atoms with Crippen LogP contribution in [0.4, 0.5) is 0 Å². The first-order chi connectivity index (χ1) is 9.48. The Morgan fingerprint density at radius 1 is 1.60 bits per heavy atom. The number of rotatable bonds is 3. The number of likely N-dealkylation sites (tertiary alicyclic amines) is 1. The predicted molar refractivity (Wildman–Crippen MR) is 74.4 cm³/mol. The second-order valence-corrected chi connectivity index (χ2v) is 5.58. The molecule has 1 fully saturated rings. The van der Waals surface area contributed by atoms with E-state index in [0.29, 0.717) is 26.1 Å². The minimum atomic E-state index is -1.12. The Hall–Kier alpha value is -1.92. The number of pyridine rings is 1. The molecule has 1 aliphatic rings. The molecule has 1 atom stereocenters. The van der Waals surface area contributed by atoms with Crippen LogP contribution in [-0.4, -0.2) is 44.0 Å². The molecule has 6 heteroatoms. The molecule has 1 saturated heterocycles. The normalized spacial score (nSPS) is 23.5.